The lowest BCUT2D eigenvalue weighted by molar-refractivity contribution is 0.270. The molecule has 0 radical (unpaired) electrons. The zero-order chi connectivity index (χ0) is 14.8. The Hall–Kier alpha value is -0.730. The Bertz CT molecular complexity index is 613. The Morgan fingerprint density at radius 3 is 2.67 bits per heavy atom. The highest BCUT2D eigenvalue weighted by molar-refractivity contribution is 6.31. The minimum absolute atomic E-state index is 0.550. The maximum atomic E-state index is 6.19. The summed E-state index contributed by atoms with van der Waals surface area (Å²) in [5.41, 5.74) is 2.21. The topological polar surface area (TPSA) is 17.8 Å². The Morgan fingerprint density at radius 1 is 1.24 bits per heavy atom. The monoisotopic (exact) mass is 324 g/mol. The van der Waals surface area contributed by atoms with E-state index in [2.05, 4.69) is 11.5 Å². The summed E-state index contributed by atoms with van der Waals surface area (Å²) in [6, 6.07) is 6.53. The molecule has 0 spiro atoms. The van der Waals surface area contributed by atoms with Gasteiger partial charge in [-0.05, 0) is 49.8 Å². The molecule has 1 fully saturated rings. The van der Waals surface area contributed by atoms with Crippen LogP contribution in [0.25, 0.3) is 11.0 Å². The standard InChI is InChI=1S/C17H22Cl2N2/c1-2-12-3-6-14(7-4-12)21-16-11-13(19)5-8-15(16)20-17(21)9-10-18/h5,8,11-12,14H,2-4,6-7,9-10H2,1H3. The van der Waals surface area contributed by atoms with Crippen LogP contribution in [0.15, 0.2) is 18.2 Å². The van der Waals surface area contributed by atoms with Crippen molar-refractivity contribution in [3.63, 3.8) is 0 Å². The minimum Gasteiger partial charge on any atom is -0.325 e. The number of hydrogen-bond acceptors (Lipinski definition) is 1. The van der Waals surface area contributed by atoms with Crippen LogP contribution in [-0.2, 0) is 6.42 Å². The molecule has 1 aliphatic rings. The lowest BCUT2D eigenvalue weighted by atomic mass is 9.84. The van der Waals surface area contributed by atoms with E-state index in [0.29, 0.717) is 11.9 Å². The quantitative estimate of drug-likeness (QED) is 0.668. The molecule has 0 atom stereocenters. The summed E-state index contributed by atoms with van der Waals surface area (Å²) in [6.07, 6.45) is 7.25. The molecule has 3 rings (SSSR count). The number of rotatable bonds is 4. The minimum atomic E-state index is 0.550. The smallest absolute Gasteiger partial charge is 0.111 e. The highest BCUT2D eigenvalue weighted by Crippen LogP contribution is 2.37. The molecule has 0 bridgehead atoms. The lowest BCUT2D eigenvalue weighted by Crippen LogP contribution is -2.19. The van der Waals surface area contributed by atoms with E-state index in [1.54, 1.807) is 0 Å². The van der Waals surface area contributed by atoms with E-state index < -0.39 is 0 Å². The van der Waals surface area contributed by atoms with E-state index in [9.17, 15) is 0 Å². The summed E-state index contributed by atoms with van der Waals surface area (Å²) < 4.78 is 2.41. The van der Waals surface area contributed by atoms with Crippen molar-refractivity contribution in [2.45, 2.75) is 51.5 Å². The highest BCUT2D eigenvalue weighted by Gasteiger charge is 2.24. The van der Waals surface area contributed by atoms with E-state index >= 15 is 0 Å². The second-order valence-electron chi connectivity index (χ2n) is 6.05. The molecule has 114 valence electrons. The van der Waals surface area contributed by atoms with Crippen LogP contribution in [0.3, 0.4) is 0 Å². The largest absolute Gasteiger partial charge is 0.325 e. The van der Waals surface area contributed by atoms with Crippen LogP contribution >= 0.6 is 23.2 Å². The van der Waals surface area contributed by atoms with Gasteiger partial charge in [-0.3, -0.25) is 0 Å². The van der Waals surface area contributed by atoms with Gasteiger partial charge in [0.2, 0.25) is 0 Å². The van der Waals surface area contributed by atoms with Crippen molar-refractivity contribution in [3.05, 3.63) is 29.0 Å². The average molecular weight is 325 g/mol. The highest BCUT2D eigenvalue weighted by atomic mass is 35.5. The first-order valence-corrected chi connectivity index (χ1v) is 8.86. The van der Waals surface area contributed by atoms with Crippen molar-refractivity contribution in [1.29, 1.82) is 0 Å². The molecule has 1 aliphatic carbocycles. The number of imidazole rings is 1. The number of halogens is 2. The fourth-order valence-corrected chi connectivity index (χ4v) is 3.93. The summed E-state index contributed by atoms with van der Waals surface area (Å²) >= 11 is 12.2. The Labute approximate surface area is 136 Å². The number of nitrogens with zero attached hydrogens (tertiary/aromatic N) is 2. The molecule has 2 aromatic rings. The summed E-state index contributed by atoms with van der Waals surface area (Å²) in [5, 5.41) is 0.781. The fourth-order valence-electron chi connectivity index (χ4n) is 3.60. The van der Waals surface area contributed by atoms with E-state index in [0.717, 1.165) is 28.7 Å². The van der Waals surface area contributed by atoms with Crippen LogP contribution < -0.4 is 0 Å². The van der Waals surface area contributed by atoms with Crippen LogP contribution in [0, 0.1) is 5.92 Å². The molecule has 0 aliphatic heterocycles. The van der Waals surface area contributed by atoms with Crippen LogP contribution in [-0.4, -0.2) is 15.4 Å². The van der Waals surface area contributed by atoms with E-state index in [-0.39, 0.29) is 0 Å². The maximum absolute atomic E-state index is 6.19. The summed E-state index contributed by atoms with van der Waals surface area (Å²) in [6.45, 7) is 2.30. The molecule has 2 nitrogen and oxygen atoms in total. The summed E-state index contributed by atoms with van der Waals surface area (Å²) in [5.74, 6) is 2.62. The van der Waals surface area contributed by atoms with Crippen LogP contribution in [0.1, 0.15) is 50.9 Å². The predicted molar refractivity (Wildman–Crippen MR) is 90.5 cm³/mol. The first-order valence-electron chi connectivity index (χ1n) is 7.95. The van der Waals surface area contributed by atoms with Crippen molar-refractivity contribution in [1.82, 2.24) is 9.55 Å². The fraction of sp³-hybridized carbons (Fsp3) is 0.588. The number of hydrogen-bond donors (Lipinski definition) is 0. The van der Waals surface area contributed by atoms with E-state index in [1.165, 1.54) is 37.6 Å². The molecule has 1 aromatic heterocycles. The number of benzene rings is 1. The van der Waals surface area contributed by atoms with Crippen molar-refractivity contribution in [2.24, 2.45) is 5.92 Å². The Balaban J connectivity index is 1.98. The number of alkyl halides is 1. The molecule has 0 N–H and O–H groups in total. The Kier molecular flexibility index (Phi) is 4.75. The van der Waals surface area contributed by atoms with Gasteiger partial charge in [0, 0.05) is 23.4 Å². The molecular weight excluding hydrogens is 303 g/mol. The first-order chi connectivity index (χ1) is 10.2. The zero-order valence-corrected chi connectivity index (χ0v) is 14.0. The average Bonchev–Trinajstić information content (AvgIpc) is 2.85. The van der Waals surface area contributed by atoms with Gasteiger partial charge in [-0.25, -0.2) is 4.98 Å². The summed E-state index contributed by atoms with van der Waals surface area (Å²) in [7, 11) is 0. The molecule has 0 saturated heterocycles. The third-order valence-electron chi connectivity index (χ3n) is 4.80. The molecule has 1 aromatic carbocycles. The molecule has 1 saturated carbocycles. The third-order valence-corrected chi connectivity index (χ3v) is 5.23. The van der Waals surface area contributed by atoms with Crippen molar-refractivity contribution in [3.8, 4) is 0 Å². The van der Waals surface area contributed by atoms with Crippen molar-refractivity contribution >= 4 is 34.2 Å². The molecule has 0 amide bonds. The van der Waals surface area contributed by atoms with Gasteiger partial charge < -0.3 is 4.57 Å². The maximum Gasteiger partial charge on any atom is 0.111 e. The first kappa shape index (κ1) is 15.2. The van der Waals surface area contributed by atoms with Crippen LogP contribution in [0.2, 0.25) is 5.02 Å². The molecule has 0 unspecified atom stereocenters. The number of aromatic nitrogens is 2. The summed E-state index contributed by atoms with van der Waals surface area (Å²) in [4.78, 5) is 4.78. The SMILES string of the molecule is CCC1CCC(n2c(CCCl)nc3ccc(Cl)cc32)CC1. The second kappa shape index (κ2) is 6.58. The van der Waals surface area contributed by atoms with Gasteiger partial charge in [0.15, 0.2) is 0 Å². The van der Waals surface area contributed by atoms with Crippen molar-refractivity contribution < 1.29 is 0 Å². The molecule has 21 heavy (non-hydrogen) atoms. The normalized spacial score (nSPS) is 22.8. The van der Waals surface area contributed by atoms with Gasteiger partial charge in [-0.1, -0.05) is 24.9 Å². The third kappa shape index (κ3) is 3.07. The van der Waals surface area contributed by atoms with Gasteiger partial charge in [-0.15, -0.1) is 11.6 Å². The van der Waals surface area contributed by atoms with Gasteiger partial charge in [0.05, 0.1) is 11.0 Å². The van der Waals surface area contributed by atoms with Crippen molar-refractivity contribution in [2.75, 3.05) is 5.88 Å². The number of fused-ring (bicyclic) bond motifs is 1. The van der Waals surface area contributed by atoms with E-state index in [1.807, 2.05) is 18.2 Å². The number of aryl methyl sites for hydroxylation is 1. The molecular formula is C17H22Cl2N2. The zero-order valence-electron chi connectivity index (χ0n) is 12.5. The van der Waals surface area contributed by atoms with Gasteiger partial charge in [0.25, 0.3) is 0 Å². The lowest BCUT2D eigenvalue weighted by Gasteiger charge is -2.30. The van der Waals surface area contributed by atoms with Gasteiger partial charge >= 0.3 is 0 Å². The molecule has 4 heteroatoms. The Morgan fingerprint density at radius 2 is 2.00 bits per heavy atom. The second-order valence-corrected chi connectivity index (χ2v) is 6.87. The van der Waals surface area contributed by atoms with Crippen LogP contribution in [0.4, 0.5) is 0 Å². The van der Waals surface area contributed by atoms with Crippen LogP contribution in [0.5, 0.6) is 0 Å². The van der Waals surface area contributed by atoms with E-state index in [4.69, 9.17) is 28.2 Å². The molecule has 1 heterocycles. The van der Waals surface area contributed by atoms with Gasteiger partial charge in [-0.2, -0.15) is 0 Å². The predicted octanol–water partition coefficient (Wildman–Crippen LogP) is 5.61. The van der Waals surface area contributed by atoms with Gasteiger partial charge in [0.1, 0.15) is 5.82 Å².